The molecule has 2 aromatic rings. The minimum atomic E-state index is -0.0221. The standard InChI is InChI=1S/C24H33N3O2/c1-5-26(6-2)24(29)21-11-7-9-19(13-21)23(20-10-8-12-22(28)14-20)27-16-17(3)25-15-18(27)4/h7-14,17-18,23,25,28H,5-6,15-16H2,1-4H3. The molecule has 0 bridgehead atoms. The Balaban J connectivity index is 2.05. The molecule has 29 heavy (non-hydrogen) atoms. The average molecular weight is 396 g/mol. The Morgan fingerprint density at radius 1 is 1.14 bits per heavy atom. The van der Waals surface area contributed by atoms with Crippen molar-refractivity contribution in [2.24, 2.45) is 0 Å². The van der Waals surface area contributed by atoms with Crippen LogP contribution in [0.25, 0.3) is 0 Å². The number of hydrogen-bond acceptors (Lipinski definition) is 4. The number of phenolic OH excluding ortho intramolecular Hbond substituents is 1. The predicted molar refractivity (Wildman–Crippen MR) is 117 cm³/mol. The quantitative estimate of drug-likeness (QED) is 0.784. The molecule has 1 heterocycles. The molecular formula is C24H33N3O2. The highest BCUT2D eigenvalue weighted by Crippen LogP contribution is 2.33. The van der Waals surface area contributed by atoms with Gasteiger partial charge in [-0.15, -0.1) is 0 Å². The second-order valence-electron chi connectivity index (χ2n) is 7.96. The van der Waals surface area contributed by atoms with E-state index in [9.17, 15) is 9.90 Å². The van der Waals surface area contributed by atoms with Gasteiger partial charge in [0.2, 0.25) is 0 Å². The topological polar surface area (TPSA) is 55.8 Å². The van der Waals surface area contributed by atoms with E-state index in [-0.39, 0.29) is 17.7 Å². The van der Waals surface area contributed by atoms with Crippen molar-refractivity contribution >= 4 is 5.91 Å². The molecular weight excluding hydrogens is 362 g/mol. The molecule has 5 nitrogen and oxygen atoms in total. The Bertz CT molecular complexity index is 834. The smallest absolute Gasteiger partial charge is 0.253 e. The fourth-order valence-corrected chi connectivity index (χ4v) is 4.22. The van der Waals surface area contributed by atoms with Crippen molar-refractivity contribution in [3.63, 3.8) is 0 Å². The van der Waals surface area contributed by atoms with E-state index < -0.39 is 0 Å². The number of benzene rings is 2. The van der Waals surface area contributed by atoms with E-state index in [1.54, 1.807) is 6.07 Å². The Kier molecular flexibility index (Phi) is 6.93. The van der Waals surface area contributed by atoms with Crippen molar-refractivity contribution in [1.82, 2.24) is 15.1 Å². The molecule has 3 rings (SSSR count). The number of hydrogen-bond donors (Lipinski definition) is 2. The third-order valence-corrected chi connectivity index (χ3v) is 5.83. The molecule has 2 aromatic carbocycles. The SMILES string of the molecule is CCN(CC)C(=O)c1cccc(C(c2cccc(O)c2)N2CC(C)NCC2C)c1. The van der Waals surface area contributed by atoms with Gasteiger partial charge in [0.15, 0.2) is 0 Å². The van der Waals surface area contributed by atoms with Crippen LogP contribution in [-0.4, -0.2) is 59.1 Å². The molecule has 1 fully saturated rings. The Labute approximate surface area is 174 Å². The molecule has 0 spiro atoms. The number of piperazine rings is 1. The summed E-state index contributed by atoms with van der Waals surface area (Å²) in [6.45, 7) is 11.6. The second-order valence-corrected chi connectivity index (χ2v) is 7.96. The van der Waals surface area contributed by atoms with E-state index in [0.717, 1.165) is 24.2 Å². The molecule has 1 aliphatic heterocycles. The lowest BCUT2D eigenvalue weighted by molar-refractivity contribution is 0.0772. The van der Waals surface area contributed by atoms with Gasteiger partial charge in [0.25, 0.3) is 5.91 Å². The fraction of sp³-hybridized carbons (Fsp3) is 0.458. The zero-order valence-corrected chi connectivity index (χ0v) is 17.9. The normalized spacial score (nSPS) is 21.0. The number of aromatic hydroxyl groups is 1. The van der Waals surface area contributed by atoms with Crippen LogP contribution < -0.4 is 5.32 Å². The van der Waals surface area contributed by atoms with Gasteiger partial charge < -0.3 is 15.3 Å². The largest absolute Gasteiger partial charge is 0.508 e. The molecule has 1 saturated heterocycles. The summed E-state index contributed by atoms with van der Waals surface area (Å²) in [5.41, 5.74) is 2.83. The van der Waals surface area contributed by atoms with Crippen molar-refractivity contribution in [2.75, 3.05) is 26.2 Å². The Hall–Kier alpha value is -2.37. The van der Waals surface area contributed by atoms with Gasteiger partial charge in [-0.05, 0) is 63.1 Å². The maximum atomic E-state index is 12.9. The van der Waals surface area contributed by atoms with E-state index in [4.69, 9.17) is 0 Å². The first-order chi connectivity index (χ1) is 13.9. The van der Waals surface area contributed by atoms with Crippen molar-refractivity contribution in [3.8, 4) is 5.75 Å². The molecule has 0 aliphatic carbocycles. The molecule has 2 N–H and O–H groups in total. The summed E-state index contributed by atoms with van der Waals surface area (Å²) in [6, 6.07) is 16.2. The highest BCUT2D eigenvalue weighted by Gasteiger charge is 2.31. The lowest BCUT2D eigenvalue weighted by Gasteiger charge is -2.43. The van der Waals surface area contributed by atoms with Gasteiger partial charge >= 0.3 is 0 Å². The van der Waals surface area contributed by atoms with Gasteiger partial charge in [-0.1, -0.05) is 24.3 Å². The number of phenols is 1. The van der Waals surface area contributed by atoms with E-state index in [0.29, 0.717) is 30.7 Å². The zero-order valence-electron chi connectivity index (χ0n) is 17.9. The van der Waals surface area contributed by atoms with Gasteiger partial charge in [0.05, 0.1) is 6.04 Å². The Morgan fingerprint density at radius 2 is 1.79 bits per heavy atom. The fourth-order valence-electron chi connectivity index (χ4n) is 4.22. The van der Waals surface area contributed by atoms with Crippen LogP contribution in [0, 0.1) is 0 Å². The highest BCUT2D eigenvalue weighted by molar-refractivity contribution is 5.94. The summed E-state index contributed by atoms with van der Waals surface area (Å²) in [4.78, 5) is 17.2. The van der Waals surface area contributed by atoms with Gasteiger partial charge in [0.1, 0.15) is 5.75 Å². The third kappa shape index (κ3) is 4.80. The van der Waals surface area contributed by atoms with Crippen LogP contribution in [0.5, 0.6) is 5.75 Å². The molecule has 5 heteroatoms. The number of nitrogens with one attached hydrogen (secondary N) is 1. The molecule has 0 saturated carbocycles. The lowest BCUT2D eigenvalue weighted by atomic mass is 9.92. The average Bonchev–Trinajstić information content (AvgIpc) is 2.72. The van der Waals surface area contributed by atoms with Crippen LogP contribution in [0.15, 0.2) is 48.5 Å². The van der Waals surface area contributed by atoms with Crippen LogP contribution in [-0.2, 0) is 0 Å². The number of carbonyl (C=O) groups excluding carboxylic acids is 1. The summed E-state index contributed by atoms with van der Waals surface area (Å²) >= 11 is 0. The maximum Gasteiger partial charge on any atom is 0.253 e. The van der Waals surface area contributed by atoms with E-state index >= 15 is 0 Å². The van der Waals surface area contributed by atoms with E-state index in [1.165, 1.54) is 0 Å². The van der Waals surface area contributed by atoms with Crippen LogP contribution in [0.1, 0.15) is 55.2 Å². The molecule has 3 unspecified atom stereocenters. The highest BCUT2D eigenvalue weighted by atomic mass is 16.3. The minimum Gasteiger partial charge on any atom is -0.508 e. The molecule has 1 amide bonds. The van der Waals surface area contributed by atoms with Crippen LogP contribution in [0.3, 0.4) is 0 Å². The molecule has 1 aliphatic rings. The van der Waals surface area contributed by atoms with Crippen LogP contribution in [0.4, 0.5) is 0 Å². The summed E-state index contributed by atoms with van der Waals surface area (Å²) in [7, 11) is 0. The predicted octanol–water partition coefficient (Wildman–Crippen LogP) is 3.65. The maximum absolute atomic E-state index is 12.9. The lowest BCUT2D eigenvalue weighted by Crippen LogP contribution is -2.55. The number of nitrogens with zero attached hydrogens (tertiary/aromatic N) is 2. The van der Waals surface area contributed by atoms with Gasteiger partial charge in [-0.3, -0.25) is 9.69 Å². The van der Waals surface area contributed by atoms with Gasteiger partial charge in [-0.25, -0.2) is 0 Å². The van der Waals surface area contributed by atoms with Gasteiger partial charge in [-0.2, -0.15) is 0 Å². The first-order valence-electron chi connectivity index (χ1n) is 10.6. The molecule has 156 valence electrons. The zero-order chi connectivity index (χ0) is 21.0. The van der Waals surface area contributed by atoms with E-state index in [1.807, 2.05) is 49.1 Å². The first kappa shape index (κ1) is 21.3. The molecule has 0 aromatic heterocycles. The Morgan fingerprint density at radius 3 is 2.45 bits per heavy atom. The number of amides is 1. The van der Waals surface area contributed by atoms with Gasteiger partial charge in [0, 0.05) is 43.8 Å². The summed E-state index contributed by atoms with van der Waals surface area (Å²) in [5.74, 6) is 0.326. The number of carbonyl (C=O) groups is 1. The first-order valence-corrected chi connectivity index (χ1v) is 10.6. The summed E-state index contributed by atoms with van der Waals surface area (Å²) in [5, 5.41) is 13.7. The van der Waals surface area contributed by atoms with E-state index in [2.05, 4.69) is 36.2 Å². The van der Waals surface area contributed by atoms with Crippen molar-refractivity contribution in [1.29, 1.82) is 0 Å². The van der Waals surface area contributed by atoms with Crippen LogP contribution in [0.2, 0.25) is 0 Å². The van der Waals surface area contributed by atoms with Crippen molar-refractivity contribution < 1.29 is 9.90 Å². The molecule has 0 radical (unpaired) electrons. The second kappa shape index (κ2) is 9.42. The van der Waals surface area contributed by atoms with Crippen molar-refractivity contribution in [3.05, 3.63) is 65.2 Å². The van der Waals surface area contributed by atoms with Crippen molar-refractivity contribution in [2.45, 2.75) is 45.8 Å². The molecule has 3 atom stereocenters. The minimum absolute atomic E-state index is 0.0221. The summed E-state index contributed by atoms with van der Waals surface area (Å²) in [6.07, 6.45) is 0. The number of rotatable bonds is 6. The third-order valence-electron chi connectivity index (χ3n) is 5.83. The monoisotopic (exact) mass is 395 g/mol. The summed E-state index contributed by atoms with van der Waals surface area (Å²) < 4.78 is 0. The van der Waals surface area contributed by atoms with Crippen LogP contribution >= 0.6 is 0 Å².